The van der Waals surface area contributed by atoms with Gasteiger partial charge in [-0.25, -0.2) is 4.79 Å². The van der Waals surface area contributed by atoms with Gasteiger partial charge in [-0.3, -0.25) is 9.59 Å². The molecule has 4 fully saturated rings. The smallest absolute Gasteiger partial charge is 0.331 e. The fourth-order valence-corrected chi connectivity index (χ4v) is 9.08. The molecule has 1 heterocycles. The van der Waals surface area contributed by atoms with E-state index >= 15 is 0 Å². The van der Waals surface area contributed by atoms with Crippen LogP contribution in [0.25, 0.3) is 0 Å². The lowest BCUT2D eigenvalue weighted by Gasteiger charge is -2.63. The highest BCUT2D eigenvalue weighted by molar-refractivity contribution is 5.85. The molecule has 1 N–H and O–H groups in total. The average Bonchev–Trinajstić information content (AvgIpc) is 3.25. The molecule has 0 aromatic heterocycles. The zero-order valence-corrected chi connectivity index (χ0v) is 20.8. The van der Waals surface area contributed by atoms with E-state index in [0.717, 1.165) is 50.5 Å². The minimum atomic E-state index is -0.978. The van der Waals surface area contributed by atoms with E-state index in [1.807, 2.05) is 0 Å². The third kappa shape index (κ3) is 3.44. The molecule has 0 unspecified atom stereocenters. The van der Waals surface area contributed by atoms with Crippen molar-refractivity contribution in [3.63, 3.8) is 0 Å². The Kier molecular flexibility index (Phi) is 5.66. The molecule has 7 heteroatoms. The normalized spacial score (nSPS) is 47.6. The molecular weight excluding hydrogens is 436 g/mol. The first-order valence-electron chi connectivity index (χ1n) is 12.9. The zero-order valence-electron chi connectivity index (χ0n) is 20.8. The maximum atomic E-state index is 12.5. The highest BCUT2D eigenvalue weighted by atomic mass is 16.6. The molecule has 1 aliphatic heterocycles. The molecule has 34 heavy (non-hydrogen) atoms. The van der Waals surface area contributed by atoms with Crippen molar-refractivity contribution in [2.45, 2.75) is 96.9 Å². The topological polar surface area (TPSA) is 99.1 Å². The highest BCUT2D eigenvalue weighted by Crippen LogP contribution is 2.70. The second-order valence-corrected chi connectivity index (χ2v) is 12.0. The summed E-state index contributed by atoms with van der Waals surface area (Å²) >= 11 is 0. The van der Waals surface area contributed by atoms with Gasteiger partial charge in [0.05, 0.1) is 5.60 Å². The fraction of sp³-hybridized carbons (Fsp3) is 0.815. The highest BCUT2D eigenvalue weighted by Gasteiger charge is 2.71. The van der Waals surface area contributed by atoms with Crippen molar-refractivity contribution in [3.8, 4) is 0 Å². The van der Waals surface area contributed by atoms with E-state index < -0.39 is 17.1 Å². The summed E-state index contributed by atoms with van der Waals surface area (Å²) in [6, 6.07) is 0. The van der Waals surface area contributed by atoms with Crippen molar-refractivity contribution in [2.24, 2.45) is 34.5 Å². The number of ether oxygens (including phenoxy) is 3. The number of hydrogen-bond acceptors (Lipinski definition) is 7. The Hall–Kier alpha value is -1.89. The maximum Gasteiger partial charge on any atom is 0.331 e. The van der Waals surface area contributed by atoms with E-state index in [2.05, 4.69) is 13.8 Å². The van der Waals surface area contributed by atoms with E-state index in [-0.39, 0.29) is 47.9 Å². The van der Waals surface area contributed by atoms with Crippen LogP contribution in [0.1, 0.15) is 79.1 Å². The minimum absolute atomic E-state index is 0.000108. The van der Waals surface area contributed by atoms with Gasteiger partial charge in [0, 0.05) is 37.7 Å². The SMILES string of the molecule is CC(=O)O[C@H]1CC[C@@]2(C)[C@@H](CC[C@@H]3[C@@H]2CC[C@]2(C)[C@@H](C4=CC(=O)OC4)[C@@H](OC(C)=O)C[C@@]32O)C1. The van der Waals surface area contributed by atoms with E-state index in [1.165, 1.54) is 13.8 Å². The van der Waals surface area contributed by atoms with E-state index in [9.17, 15) is 19.5 Å². The van der Waals surface area contributed by atoms with Gasteiger partial charge >= 0.3 is 17.9 Å². The molecule has 9 atom stereocenters. The van der Waals surface area contributed by atoms with Gasteiger partial charge in [-0.05, 0) is 73.7 Å². The molecule has 0 spiro atoms. The van der Waals surface area contributed by atoms with Gasteiger partial charge < -0.3 is 19.3 Å². The minimum Gasteiger partial charge on any atom is -0.463 e. The molecule has 0 amide bonds. The summed E-state index contributed by atoms with van der Waals surface area (Å²) in [7, 11) is 0. The second-order valence-electron chi connectivity index (χ2n) is 12.0. The Morgan fingerprint density at radius 1 is 1.03 bits per heavy atom. The summed E-state index contributed by atoms with van der Waals surface area (Å²) in [6.07, 6.45) is 7.98. The Labute approximate surface area is 201 Å². The number of carbonyl (C=O) groups excluding carboxylic acids is 3. The Morgan fingerprint density at radius 2 is 1.76 bits per heavy atom. The summed E-state index contributed by atoms with van der Waals surface area (Å²) in [4.78, 5) is 35.4. The van der Waals surface area contributed by atoms with Crippen molar-refractivity contribution in [2.75, 3.05) is 6.61 Å². The molecule has 7 nitrogen and oxygen atoms in total. The summed E-state index contributed by atoms with van der Waals surface area (Å²) in [6.45, 7) is 7.61. The largest absolute Gasteiger partial charge is 0.463 e. The van der Waals surface area contributed by atoms with Crippen molar-refractivity contribution in [3.05, 3.63) is 11.6 Å². The summed E-state index contributed by atoms with van der Waals surface area (Å²) in [5.41, 5.74) is -0.535. The van der Waals surface area contributed by atoms with E-state index in [1.54, 1.807) is 6.08 Å². The molecule has 0 radical (unpaired) electrons. The van der Waals surface area contributed by atoms with Crippen molar-refractivity contribution < 1.29 is 33.7 Å². The van der Waals surface area contributed by atoms with Gasteiger partial charge in [-0.2, -0.15) is 0 Å². The predicted octanol–water partition coefficient (Wildman–Crippen LogP) is 3.72. The second kappa shape index (κ2) is 8.07. The molecule has 5 rings (SSSR count). The third-order valence-corrected chi connectivity index (χ3v) is 10.5. The molecule has 0 saturated heterocycles. The molecular formula is C27H38O7. The van der Waals surface area contributed by atoms with Crippen LogP contribution in [0.5, 0.6) is 0 Å². The van der Waals surface area contributed by atoms with Gasteiger partial charge in [0.2, 0.25) is 0 Å². The lowest BCUT2D eigenvalue weighted by atomic mass is 9.43. The lowest BCUT2D eigenvalue weighted by molar-refractivity contribution is -0.210. The maximum absolute atomic E-state index is 12.5. The van der Waals surface area contributed by atoms with Crippen LogP contribution in [0.4, 0.5) is 0 Å². The molecule has 4 aliphatic carbocycles. The Morgan fingerprint density at radius 3 is 2.41 bits per heavy atom. The summed E-state index contributed by atoms with van der Waals surface area (Å²) < 4.78 is 16.6. The van der Waals surface area contributed by atoms with Crippen molar-refractivity contribution in [1.82, 2.24) is 0 Å². The van der Waals surface area contributed by atoms with Gasteiger partial charge in [-0.1, -0.05) is 13.8 Å². The molecule has 5 aliphatic rings. The number of cyclic esters (lactones) is 1. The van der Waals surface area contributed by atoms with Crippen LogP contribution in [0, 0.1) is 34.5 Å². The van der Waals surface area contributed by atoms with Crippen LogP contribution in [-0.2, 0) is 28.6 Å². The van der Waals surface area contributed by atoms with E-state index in [0.29, 0.717) is 18.3 Å². The monoisotopic (exact) mass is 474 g/mol. The van der Waals surface area contributed by atoms with Gasteiger partial charge in [-0.15, -0.1) is 0 Å². The summed E-state index contributed by atoms with van der Waals surface area (Å²) in [5, 5.41) is 12.5. The first-order valence-corrected chi connectivity index (χ1v) is 12.9. The number of esters is 3. The number of hydrogen-bond donors (Lipinski definition) is 1. The molecule has 0 aromatic carbocycles. The standard InChI is InChI=1S/C27H38O7/c1-15(28)33-19-7-9-25(3)18(12-19)5-6-21-20(25)8-10-26(4)24(17-11-23(30)32-14-17)22(34-16(2)29)13-27(21,26)31/h11,18-22,24,31H,5-10,12-14H2,1-4H3/t18-,19-,20-,21+,22-,24-,25-,26+,27+/m0/s1. The molecule has 0 aromatic rings. The van der Waals surface area contributed by atoms with Crippen LogP contribution < -0.4 is 0 Å². The van der Waals surface area contributed by atoms with Gasteiger partial charge in [0.25, 0.3) is 0 Å². The van der Waals surface area contributed by atoms with Gasteiger partial charge in [0.1, 0.15) is 18.8 Å². The lowest BCUT2D eigenvalue weighted by Crippen LogP contribution is -2.62. The summed E-state index contributed by atoms with van der Waals surface area (Å²) in [5.74, 6) is -0.190. The number of fused-ring (bicyclic) bond motifs is 5. The average molecular weight is 475 g/mol. The third-order valence-electron chi connectivity index (χ3n) is 10.5. The van der Waals surface area contributed by atoms with Crippen molar-refractivity contribution in [1.29, 1.82) is 0 Å². The van der Waals surface area contributed by atoms with Crippen LogP contribution in [0.15, 0.2) is 11.6 Å². The van der Waals surface area contributed by atoms with Gasteiger partial charge in [0.15, 0.2) is 0 Å². The van der Waals surface area contributed by atoms with Crippen LogP contribution >= 0.6 is 0 Å². The predicted molar refractivity (Wildman–Crippen MR) is 122 cm³/mol. The Balaban J connectivity index is 1.46. The number of carbonyl (C=O) groups is 3. The zero-order chi connectivity index (χ0) is 24.5. The van der Waals surface area contributed by atoms with Crippen LogP contribution in [0.3, 0.4) is 0 Å². The van der Waals surface area contributed by atoms with E-state index in [4.69, 9.17) is 14.2 Å². The fourth-order valence-electron chi connectivity index (χ4n) is 9.08. The number of aliphatic hydroxyl groups is 1. The number of rotatable bonds is 3. The molecule has 188 valence electrons. The Bertz CT molecular complexity index is 926. The first-order chi connectivity index (χ1) is 16.0. The first kappa shape index (κ1) is 23.8. The van der Waals surface area contributed by atoms with Crippen LogP contribution in [-0.4, -0.2) is 47.4 Å². The van der Waals surface area contributed by atoms with Crippen molar-refractivity contribution >= 4 is 17.9 Å². The quantitative estimate of drug-likeness (QED) is 0.492. The molecule has 0 bridgehead atoms. The molecule has 4 saturated carbocycles. The van der Waals surface area contributed by atoms with Crippen LogP contribution in [0.2, 0.25) is 0 Å².